The van der Waals surface area contributed by atoms with Gasteiger partial charge < -0.3 is 4.74 Å². The van der Waals surface area contributed by atoms with Gasteiger partial charge in [0, 0.05) is 11.5 Å². The first-order valence-electron chi connectivity index (χ1n) is 10.8. The minimum Gasteiger partial charge on any atom is -0.457 e. The lowest BCUT2D eigenvalue weighted by Crippen LogP contribution is -2.22. The number of nitrogens with one attached hydrogen (secondary N) is 1. The van der Waals surface area contributed by atoms with Crippen molar-refractivity contribution in [2.45, 2.75) is 59.0 Å². The van der Waals surface area contributed by atoms with E-state index in [1.165, 1.54) is 6.08 Å². The fraction of sp³-hybridized carbons (Fsp3) is 0.296. The summed E-state index contributed by atoms with van der Waals surface area (Å²) >= 11 is 0. The van der Waals surface area contributed by atoms with Crippen molar-refractivity contribution >= 4 is 38.5 Å². The zero-order valence-corrected chi connectivity index (χ0v) is 21.1. The van der Waals surface area contributed by atoms with Crippen molar-refractivity contribution < 1.29 is 17.9 Å². The molecule has 0 aliphatic rings. The van der Waals surface area contributed by atoms with Crippen molar-refractivity contribution in [1.82, 2.24) is 0 Å². The largest absolute Gasteiger partial charge is 0.457 e. The second kappa shape index (κ2) is 9.02. The summed E-state index contributed by atoms with van der Waals surface area (Å²) in [5, 5.41) is 1.63. The molecule has 0 aliphatic carbocycles. The van der Waals surface area contributed by atoms with E-state index in [0.717, 1.165) is 33.0 Å². The van der Waals surface area contributed by atoms with Crippen molar-refractivity contribution in [3.8, 4) is 0 Å². The van der Waals surface area contributed by atoms with Gasteiger partial charge in [0.25, 0.3) is 10.0 Å². The maximum Gasteiger partial charge on any atom is 0.331 e. The molecule has 3 aromatic rings. The Morgan fingerprint density at radius 3 is 2.15 bits per heavy atom. The number of ether oxygens (including phenoxy) is 1. The van der Waals surface area contributed by atoms with Crippen LogP contribution in [0, 0.1) is 27.7 Å². The van der Waals surface area contributed by atoms with Crippen LogP contribution < -0.4 is 4.72 Å². The topological polar surface area (TPSA) is 72.5 Å². The maximum absolute atomic E-state index is 13.5. The van der Waals surface area contributed by atoms with Gasteiger partial charge in [-0.25, -0.2) is 13.2 Å². The smallest absolute Gasteiger partial charge is 0.331 e. The van der Waals surface area contributed by atoms with Gasteiger partial charge in [0.1, 0.15) is 5.60 Å². The Hall–Kier alpha value is -3.12. The fourth-order valence-electron chi connectivity index (χ4n) is 3.79. The third kappa shape index (κ3) is 5.63. The van der Waals surface area contributed by atoms with E-state index >= 15 is 0 Å². The molecule has 6 heteroatoms. The normalized spacial score (nSPS) is 12.3. The van der Waals surface area contributed by atoms with Crippen LogP contribution in [0.15, 0.2) is 53.4 Å². The van der Waals surface area contributed by atoms with Crippen LogP contribution in [-0.2, 0) is 19.6 Å². The van der Waals surface area contributed by atoms with Gasteiger partial charge in [0.2, 0.25) is 0 Å². The minimum atomic E-state index is -3.85. The molecular formula is C27H31NO4S. The number of carbonyl (C=O) groups excluding carboxylic acids is 1. The molecule has 0 radical (unpaired) electrons. The SMILES string of the molecule is Cc1cc(C)c(C)c(S(=O)(=O)Nc2cc(/C=C/C(=O)OC(C)(C)C)cc3ccccc23)c1C. The molecule has 0 aliphatic heterocycles. The molecule has 0 amide bonds. The van der Waals surface area contributed by atoms with E-state index in [1.807, 2.05) is 64.1 Å². The van der Waals surface area contributed by atoms with Gasteiger partial charge >= 0.3 is 5.97 Å². The molecule has 0 saturated heterocycles. The van der Waals surface area contributed by atoms with Gasteiger partial charge in [0.15, 0.2) is 0 Å². The molecule has 1 N–H and O–H groups in total. The highest BCUT2D eigenvalue weighted by Gasteiger charge is 2.23. The first kappa shape index (κ1) is 24.5. The number of anilines is 1. The van der Waals surface area contributed by atoms with E-state index in [0.29, 0.717) is 16.1 Å². The van der Waals surface area contributed by atoms with E-state index < -0.39 is 21.6 Å². The van der Waals surface area contributed by atoms with Gasteiger partial charge in [-0.05, 0) is 99.9 Å². The van der Waals surface area contributed by atoms with Crippen molar-refractivity contribution in [1.29, 1.82) is 0 Å². The summed E-state index contributed by atoms with van der Waals surface area (Å²) < 4.78 is 35.2. The lowest BCUT2D eigenvalue weighted by atomic mass is 10.0. The summed E-state index contributed by atoms with van der Waals surface area (Å²) in [4.78, 5) is 12.4. The van der Waals surface area contributed by atoms with Crippen LogP contribution in [0.2, 0.25) is 0 Å². The first-order chi connectivity index (χ1) is 15.3. The number of esters is 1. The standard InChI is InChI=1S/C27H31NO4S/c1-17-14-18(2)20(4)26(19(17)3)33(30,31)28-24-16-21(12-13-25(29)32-27(5,6)7)15-22-10-8-9-11-23(22)24/h8-16,28H,1-7H3/b13-12+. The molecule has 0 bridgehead atoms. The van der Waals surface area contributed by atoms with E-state index in [4.69, 9.17) is 4.74 Å². The predicted molar refractivity (Wildman–Crippen MR) is 135 cm³/mol. The minimum absolute atomic E-state index is 0.304. The Labute approximate surface area is 196 Å². The maximum atomic E-state index is 13.5. The monoisotopic (exact) mass is 465 g/mol. The van der Waals surface area contributed by atoms with Crippen LogP contribution in [0.5, 0.6) is 0 Å². The van der Waals surface area contributed by atoms with Crippen LogP contribution in [0.25, 0.3) is 16.8 Å². The number of carbonyl (C=O) groups is 1. The van der Waals surface area contributed by atoms with Crippen molar-refractivity contribution in [3.63, 3.8) is 0 Å². The van der Waals surface area contributed by atoms with E-state index in [1.54, 1.807) is 32.9 Å². The Morgan fingerprint density at radius 1 is 0.939 bits per heavy atom. The third-order valence-electron chi connectivity index (χ3n) is 5.51. The summed E-state index contributed by atoms with van der Waals surface area (Å²) in [6.45, 7) is 12.9. The number of benzene rings is 3. The van der Waals surface area contributed by atoms with E-state index in [9.17, 15) is 13.2 Å². The van der Waals surface area contributed by atoms with Gasteiger partial charge in [-0.3, -0.25) is 4.72 Å². The van der Waals surface area contributed by atoms with Crippen molar-refractivity contribution in [2.75, 3.05) is 4.72 Å². The molecule has 0 unspecified atom stereocenters. The van der Waals surface area contributed by atoms with Gasteiger partial charge in [-0.1, -0.05) is 30.3 Å². The fourth-order valence-corrected chi connectivity index (χ4v) is 5.48. The molecule has 0 aromatic heterocycles. The molecule has 174 valence electrons. The summed E-state index contributed by atoms with van der Waals surface area (Å²) in [6, 6.07) is 13.2. The Bertz CT molecular complexity index is 1340. The highest BCUT2D eigenvalue weighted by Crippen LogP contribution is 2.32. The number of aryl methyl sites for hydroxylation is 2. The lowest BCUT2D eigenvalue weighted by molar-refractivity contribution is -0.148. The Kier molecular flexibility index (Phi) is 6.70. The third-order valence-corrected chi connectivity index (χ3v) is 7.15. The van der Waals surface area contributed by atoms with Crippen molar-refractivity contribution in [3.05, 3.63) is 76.4 Å². The van der Waals surface area contributed by atoms with E-state index in [2.05, 4.69) is 4.72 Å². The van der Waals surface area contributed by atoms with E-state index in [-0.39, 0.29) is 0 Å². The van der Waals surface area contributed by atoms with Crippen LogP contribution in [0.4, 0.5) is 5.69 Å². The number of hydrogen-bond donors (Lipinski definition) is 1. The average Bonchev–Trinajstić information content (AvgIpc) is 2.69. The van der Waals surface area contributed by atoms with Crippen LogP contribution in [-0.4, -0.2) is 20.0 Å². The molecule has 0 spiro atoms. The average molecular weight is 466 g/mol. The second-order valence-corrected chi connectivity index (χ2v) is 11.0. The summed E-state index contributed by atoms with van der Waals surface area (Å²) in [7, 11) is -3.85. The van der Waals surface area contributed by atoms with Crippen LogP contribution in [0.1, 0.15) is 48.6 Å². The number of hydrogen-bond acceptors (Lipinski definition) is 4. The number of sulfonamides is 1. The van der Waals surface area contributed by atoms with Gasteiger partial charge in [0.05, 0.1) is 10.6 Å². The molecular weight excluding hydrogens is 434 g/mol. The zero-order valence-electron chi connectivity index (χ0n) is 20.2. The Balaban J connectivity index is 2.08. The van der Waals surface area contributed by atoms with Gasteiger partial charge in [-0.15, -0.1) is 0 Å². The molecule has 0 atom stereocenters. The first-order valence-corrected chi connectivity index (χ1v) is 12.3. The number of rotatable bonds is 5. The van der Waals surface area contributed by atoms with Crippen LogP contribution >= 0.6 is 0 Å². The second-order valence-electron chi connectivity index (χ2n) is 9.35. The Morgan fingerprint density at radius 2 is 1.55 bits per heavy atom. The molecule has 3 aromatic carbocycles. The highest BCUT2D eigenvalue weighted by atomic mass is 32.2. The molecule has 0 heterocycles. The zero-order chi connectivity index (χ0) is 24.6. The molecule has 0 saturated carbocycles. The summed E-state index contributed by atoms with van der Waals surface area (Å²) in [6.07, 6.45) is 2.98. The highest BCUT2D eigenvalue weighted by molar-refractivity contribution is 7.92. The van der Waals surface area contributed by atoms with Crippen LogP contribution in [0.3, 0.4) is 0 Å². The predicted octanol–water partition coefficient (Wildman–Crippen LogP) is 6.23. The van der Waals surface area contributed by atoms with Crippen molar-refractivity contribution in [2.24, 2.45) is 0 Å². The quantitative estimate of drug-likeness (QED) is 0.358. The molecule has 0 fully saturated rings. The molecule has 5 nitrogen and oxygen atoms in total. The molecule has 3 rings (SSSR count). The summed E-state index contributed by atoms with van der Waals surface area (Å²) in [5.41, 5.74) is 3.87. The number of fused-ring (bicyclic) bond motifs is 1. The van der Waals surface area contributed by atoms with Gasteiger partial charge in [-0.2, -0.15) is 0 Å². The lowest BCUT2D eigenvalue weighted by Gasteiger charge is -2.18. The molecule has 33 heavy (non-hydrogen) atoms. The summed E-state index contributed by atoms with van der Waals surface area (Å²) in [5.74, 6) is -0.459.